The minimum atomic E-state index is -3.37. The van der Waals surface area contributed by atoms with Gasteiger partial charge in [0.15, 0.2) is 0 Å². The normalized spacial score (nSPS) is 20.9. The molecule has 1 aromatic heterocycles. The number of anilines is 1. The molecular weight excluding hydrogens is 280 g/mol. The lowest BCUT2D eigenvalue weighted by atomic mass is 10.0. The van der Waals surface area contributed by atoms with Crippen LogP contribution in [0.3, 0.4) is 0 Å². The summed E-state index contributed by atoms with van der Waals surface area (Å²) < 4.78 is 26.4. The van der Waals surface area contributed by atoms with Crippen LogP contribution in [0.1, 0.15) is 25.0 Å². The van der Waals surface area contributed by atoms with Crippen molar-refractivity contribution in [3.05, 3.63) is 11.8 Å². The summed E-state index contributed by atoms with van der Waals surface area (Å²) in [6.07, 6.45) is 3.35. The van der Waals surface area contributed by atoms with Crippen molar-refractivity contribution in [3.63, 3.8) is 0 Å². The van der Waals surface area contributed by atoms with E-state index >= 15 is 0 Å². The van der Waals surface area contributed by atoms with Gasteiger partial charge in [-0.2, -0.15) is 9.40 Å². The van der Waals surface area contributed by atoms with E-state index in [-0.39, 0.29) is 5.91 Å². The molecule has 8 heteroatoms. The molecule has 0 spiro atoms. The highest BCUT2D eigenvalue weighted by atomic mass is 32.2. The molecule has 112 valence electrons. The van der Waals surface area contributed by atoms with Crippen LogP contribution >= 0.6 is 0 Å². The number of hydrogen-bond donors (Lipinski definition) is 1. The SMILES string of the molecule is Cc1cc(NC(=O)[C@@H]2CCCCN2S(C)(=O)=O)n(C)n1. The Morgan fingerprint density at radius 3 is 2.70 bits per heavy atom. The molecular formula is C12H20N4O3S. The van der Waals surface area contributed by atoms with Gasteiger partial charge in [0.2, 0.25) is 15.9 Å². The van der Waals surface area contributed by atoms with Gasteiger partial charge in [0, 0.05) is 19.7 Å². The highest BCUT2D eigenvalue weighted by Gasteiger charge is 2.34. The third kappa shape index (κ3) is 3.18. The lowest BCUT2D eigenvalue weighted by molar-refractivity contribution is -0.120. The molecule has 0 saturated carbocycles. The van der Waals surface area contributed by atoms with E-state index in [1.807, 2.05) is 6.92 Å². The minimum absolute atomic E-state index is 0.293. The van der Waals surface area contributed by atoms with Crippen molar-refractivity contribution in [3.8, 4) is 0 Å². The Labute approximate surface area is 119 Å². The molecule has 1 N–H and O–H groups in total. The van der Waals surface area contributed by atoms with E-state index in [1.54, 1.807) is 17.8 Å². The van der Waals surface area contributed by atoms with Crippen molar-refractivity contribution in [2.24, 2.45) is 7.05 Å². The second-order valence-electron chi connectivity index (χ2n) is 5.17. The third-order valence-corrected chi connectivity index (χ3v) is 4.72. The molecule has 0 radical (unpaired) electrons. The van der Waals surface area contributed by atoms with Gasteiger partial charge in [-0.05, 0) is 19.8 Å². The molecule has 2 rings (SSSR count). The molecule has 0 aromatic carbocycles. The predicted molar refractivity (Wildman–Crippen MR) is 75.8 cm³/mol. The van der Waals surface area contributed by atoms with Gasteiger partial charge in [0.25, 0.3) is 0 Å². The number of aromatic nitrogens is 2. The maximum atomic E-state index is 12.3. The first-order valence-electron chi connectivity index (χ1n) is 6.57. The van der Waals surface area contributed by atoms with Gasteiger partial charge in [-0.15, -0.1) is 0 Å². The van der Waals surface area contributed by atoms with Crippen molar-refractivity contribution < 1.29 is 13.2 Å². The summed E-state index contributed by atoms with van der Waals surface area (Å²) in [6, 6.07) is 1.12. The Bertz CT molecular complexity index is 608. The maximum Gasteiger partial charge on any atom is 0.243 e. The van der Waals surface area contributed by atoms with E-state index in [4.69, 9.17) is 0 Å². The average Bonchev–Trinajstić information content (AvgIpc) is 2.66. The second kappa shape index (κ2) is 5.53. The Hall–Kier alpha value is -1.41. The first kappa shape index (κ1) is 15.0. The molecule has 1 saturated heterocycles. The second-order valence-corrected chi connectivity index (χ2v) is 7.10. The van der Waals surface area contributed by atoms with Crippen molar-refractivity contribution in [1.29, 1.82) is 0 Å². The van der Waals surface area contributed by atoms with Crippen molar-refractivity contribution in [2.45, 2.75) is 32.2 Å². The molecule has 1 aliphatic rings. The van der Waals surface area contributed by atoms with E-state index in [9.17, 15) is 13.2 Å². The summed E-state index contributed by atoms with van der Waals surface area (Å²) in [5.41, 5.74) is 0.798. The topological polar surface area (TPSA) is 84.3 Å². The summed E-state index contributed by atoms with van der Waals surface area (Å²) in [5, 5.41) is 6.91. The lowest BCUT2D eigenvalue weighted by Crippen LogP contribution is -2.49. The van der Waals surface area contributed by atoms with Crippen LogP contribution in [0.2, 0.25) is 0 Å². The fraction of sp³-hybridized carbons (Fsp3) is 0.667. The third-order valence-electron chi connectivity index (χ3n) is 3.44. The Kier molecular flexibility index (Phi) is 4.14. The van der Waals surface area contributed by atoms with Gasteiger partial charge in [-0.3, -0.25) is 9.48 Å². The van der Waals surface area contributed by atoms with Crippen LogP contribution in [0.25, 0.3) is 0 Å². The smallest absolute Gasteiger partial charge is 0.243 e. The number of nitrogens with one attached hydrogen (secondary N) is 1. The molecule has 1 aliphatic heterocycles. The quantitative estimate of drug-likeness (QED) is 0.880. The van der Waals surface area contributed by atoms with E-state index in [0.717, 1.165) is 24.8 Å². The van der Waals surface area contributed by atoms with Gasteiger partial charge in [-0.1, -0.05) is 6.42 Å². The highest BCUT2D eigenvalue weighted by molar-refractivity contribution is 7.88. The van der Waals surface area contributed by atoms with Gasteiger partial charge in [-0.25, -0.2) is 8.42 Å². The van der Waals surface area contributed by atoms with Crippen LogP contribution in [0.15, 0.2) is 6.07 Å². The van der Waals surface area contributed by atoms with E-state index in [0.29, 0.717) is 18.8 Å². The molecule has 2 heterocycles. The molecule has 1 aromatic rings. The molecule has 20 heavy (non-hydrogen) atoms. The molecule has 1 fully saturated rings. The van der Waals surface area contributed by atoms with Crippen LogP contribution < -0.4 is 5.32 Å². The standard InChI is InChI=1S/C12H20N4O3S/c1-9-8-11(15(2)14-9)13-12(17)10-6-4-5-7-16(10)20(3,18)19/h8,10H,4-7H2,1-3H3,(H,13,17)/t10-/m0/s1. The summed E-state index contributed by atoms with van der Waals surface area (Å²) in [5.74, 6) is 0.282. The van der Waals surface area contributed by atoms with Crippen molar-refractivity contribution in [2.75, 3.05) is 18.1 Å². The van der Waals surface area contributed by atoms with E-state index in [2.05, 4.69) is 10.4 Å². The zero-order valence-electron chi connectivity index (χ0n) is 12.0. The molecule has 1 atom stereocenters. The molecule has 0 bridgehead atoms. The van der Waals surface area contributed by atoms with Crippen LogP contribution in [0, 0.1) is 6.92 Å². The average molecular weight is 300 g/mol. The van der Waals surface area contributed by atoms with E-state index < -0.39 is 16.1 Å². The minimum Gasteiger partial charge on any atom is -0.310 e. The van der Waals surface area contributed by atoms with Gasteiger partial charge < -0.3 is 5.32 Å². The summed E-state index contributed by atoms with van der Waals surface area (Å²) in [4.78, 5) is 12.3. The Balaban J connectivity index is 2.16. The van der Waals surface area contributed by atoms with Crippen LogP contribution in [-0.4, -0.2) is 47.3 Å². The highest BCUT2D eigenvalue weighted by Crippen LogP contribution is 2.21. The lowest BCUT2D eigenvalue weighted by Gasteiger charge is -2.32. The van der Waals surface area contributed by atoms with Crippen LogP contribution in [0.4, 0.5) is 5.82 Å². The number of carbonyl (C=O) groups is 1. The number of sulfonamides is 1. The van der Waals surface area contributed by atoms with Crippen molar-refractivity contribution >= 4 is 21.7 Å². The van der Waals surface area contributed by atoms with Crippen LogP contribution in [-0.2, 0) is 21.9 Å². The number of hydrogen-bond acceptors (Lipinski definition) is 4. The first-order valence-corrected chi connectivity index (χ1v) is 8.42. The number of amides is 1. The summed E-state index contributed by atoms with van der Waals surface area (Å²) in [7, 11) is -1.63. The number of rotatable bonds is 3. The summed E-state index contributed by atoms with van der Waals surface area (Å²) >= 11 is 0. The van der Waals surface area contributed by atoms with Gasteiger partial charge in [0.05, 0.1) is 11.9 Å². The Morgan fingerprint density at radius 2 is 2.15 bits per heavy atom. The van der Waals surface area contributed by atoms with E-state index in [1.165, 1.54) is 4.31 Å². The van der Waals surface area contributed by atoms with Crippen molar-refractivity contribution in [1.82, 2.24) is 14.1 Å². The maximum absolute atomic E-state index is 12.3. The monoisotopic (exact) mass is 300 g/mol. The molecule has 0 aliphatic carbocycles. The fourth-order valence-electron chi connectivity index (χ4n) is 2.50. The fourth-order valence-corrected chi connectivity index (χ4v) is 3.63. The summed E-state index contributed by atoms with van der Waals surface area (Å²) in [6.45, 7) is 2.24. The predicted octanol–water partition coefficient (Wildman–Crippen LogP) is 0.481. The first-order chi connectivity index (χ1) is 9.29. The molecule has 7 nitrogen and oxygen atoms in total. The molecule has 0 unspecified atom stereocenters. The number of aryl methyl sites for hydroxylation is 2. The number of piperidine rings is 1. The Morgan fingerprint density at radius 1 is 1.45 bits per heavy atom. The number of nitrogens with zero attached hydrogens (tertiary/aromatic N) is 3. The van der Waals surface area contributed by atoms with Crippen LogP contribution in [0.5, 0.6) is 0 Å². The zero-order chi connectivity index (χ0) is 14.9. The number of carbonyl (C=O) groups excluding carboxylic acids is 1. The van der Waals surface area contributed by atoms with Gasteiger partial charge >= 0.3 is 0 Å². The van der Waals surface area contributed by atoms with Gasteiger partial charge in [0.1, 0.15) is 11.9 Å². The molecule has 1 amide bonds. The largest absolute Gasteiger partial charge is 0.310 e. The zero-order valence-corrected chi connectivity index (χ0v) is 12.8.